The summed E-state index contributed by atoms with van der Waals surface area (Å²) in [5, 5.41) is 2.11. The summed E-state index contributed by atoms with van der Waals surface area (Å²) in [6, 6.07) is 59.2. The molecule has 1 aromatic heterocycles. The van der Waals surface area contributed by atoms with Crippen molar-refractivity contribution in [2.75, 3.05) is 4.90 Å². The van der Waals surface area contributed by atoms with Gasteiger partial charge in [-0.3, -0.25) is 0 Å². The fraction of sp³-hybridized carbons (Fsp3) is 0. The van der Waals surface area contributed by atoms with Crippen LogP contribution in [0, 0.1) is 0 Å². The Hall–Kier alpha value is -5.93. The minimum absolute atomic E-state index is 0.617. The molecule has 3 nitrogen and oxygen atoms in total. The first kappa shape index (κ1) is 25.8. The molecular weight excluding hydrogens is 536 g/mol. The number of aromatic nitrogens is 1. The molecule has 0 amide bonds. The van der Waals surface area contributed by atoms with Crippen LogP contribution in [0.15, 0.2) is 174 Å². The molecule has 0 aliphatic heterocycles. The Bertz CT molecular complexity index is 2200. The van der Waals surface area contributed by atoms with Crippen LogP contribution in [0.4, 0.5) is 17.1 Å². The first-order valence-electron chi connectivity index (χ1n) is 14.8. The number of fused-ring (bicyclic) bond motifs is 3. The maximum Gasteiger partial charge on any atom is 0.227 e. The van der Waals surface area contributed by atoms with Crippen molar-refractivity contribution in [3.8, 4) is 33.7 Å². The third-order valence-electron chi connectivity index (χ3n) is 8.10. The third-order valence-corrected chi connectivity index (χ3v) is 8.10. The van der Waals surface area contributed by atoms with E-state index in [0.29, 0.717) is 5.89 Å². The maximum atomic E-state index is 6.44. The lowest BCUT2D eigenvalue weighted by Gasteiger charge is -2.29. The van der Waals surface area contributed by atoms with Gasteiger partial charge in [0, 0.05) is 27.6 Å². The Labute approximate surface area is 256 Å². The van der Waals surface area contributed by atoms with E-state index < -0.39 is 0 Å². The number of anilines is 3. The molecule has 0 saturated heterocycles. The summed E-state index contributed by atoms with van der Waals surface area (Å²) >= 11 is 0. The van der Waals surface area contributed by atoms with E-state index in [-0.39, 0.29) is 0 Å². The van der Waals surface area contributed by atoms with Crippen molar-refractivity contribution >= 4 is 38.9 Å². The molecule has 0 N–H and O–H groups in total. The summed E-state index contributed by atoms with van der Waals surface area (Å²) in [5.74, 6) is 0.617. The fourth-order valence-corrected chi connectivity index (χ4v) is 6.00. The number of rotatable bonds is 6. The first-order chi connectivity index (χ1) is 21.8. The average molecular weight is 565 g/mol. The van der Waals surface area contributed by atoms with Gasteiger partial charge in [0.25, 0.3) is 0 Å². The van der Waals surface area contributed by atoms with Crippen molar-refractivity contribution in [1.29, 1.82) is 0 Å². The lowest BCUT2D eigenvalue weighted by molar-refractivity contribution is 0.623. The van der Waals surface area contributed by atoms with Gasteiger partial charge in [-0.15, -0.1) is 0 Å². The number of hydrogen-bond acceptors (Lipinski definition) is 3. The monoisotopic (exact) mass is 564 g/mol. The zero-order valence-corrected chi connectivity index (χ0v) is 24.0. The second-order valence-electron chi connectivity index (χ2n) is 10.8. The van der Waals surface area contributed by atoms with E-state index in [4.69, 9.17) is 9.40 Å². The average Bonchev–Trinajstić information content (AvgIpc) is 3.55. The van der Waals surface area contributed by atoms with E-state index in [0.717, 1.165) is 55.6 Å². The molecule has 0 bridgehead atoms. The minimum atomic E-state index is 0.617. The summed E-state index contributed by atoms with van der Waals surface area (Å²) in [7, 11) is 0. The largest absolute Gasteiger partial charge is 0.435 e. The SMILES string of the molecule is c1ccc(-c2ccc(N(c3ccccc3-c3ccccc3)c3cc4nc(-c5ccccc5)oc4c4ccccc34)cc2)cc1. The lowest BCUT2D eigenvalue weighted by Crippen LogP contribution is -2.12. The van der Waals surface area contributed by atoms with Gasteiger partial charge in [-0.2, -0.15) is 0 Å². The van der Waals surface area contributed by atoms with Gasteiger partial charge in [0.2, 0.25) is 5.89 Å². The molecule has 0 radical (unpaired) electrons. The second kappa shape index (κ2) is 11.0. The Balaban J connectivity index is 1.38. The highest BCUT2D eigenvalue weighted by molar-refractivity contribution is 6.12. The maximum absolute atomic E-state index is 6.44. The van der Waals surface area contributed by atoms with E-state index >= 15 is 0 Å². The van der Waals surface area contributed by atoms with E-state index in [1.54, 1.807) is 0 Å². The highest BCUT2D eigenvalue weighted by atomic mass is 16.3. The molecule has 8 aromatic rings. The van der Waals surface area contributed by atoms with Gasteiger partial charge >= 0.3 is 0 Å². The number of hydrogen-bond donors (Lipinski definition) is 0. The molecule has 44 heavy (non-hydrogen) atoms. The lowest BCUT2D eigenvalue weighted by atomic mass is 9.99. The third kappa shape index (κ3) is 4.61. The fourth-order valence-electron chi connectivity index (χ4n) is 6.00. The normalized spacial score (nSPS) is 11.2. The Morgan fingerprint density at radius 1 is 0.432 bits per heavy atom. The second-order valence-corrected chi connectivity index (χ2v) is 10.8. The number of para-hydroxylation sites is 1. The Morgan fingerprint density at radius 2 is 0.977 bits per heavy atom. The van der Waals surface area contributed by atoms with Gasteiger partial charge < -0.3 is 9.32 Å². The van der Waals surface area contributed by atoms with Crippen LogP contribution < -0.4 is 4.90 Å². The van der Waals surface area contributed by atoms with Crippen molar-refractivity contribution in [3.05, 3.63) is 170 Å². The van der Waals surface area contributed by atoms with Crippen LogP contribution in [-0.4, -0.2) is 4.98 Å². The van der Waals surface area contributed by atoms with Crippen LogP contribution in [0.5, 0.6) is 0 Å². The smallest absolute Gasteiger partial charge is 0.227 e. The molecule has 3 heteroatoms. The quantitative estimate of drug-likeness (QED) is 0.201. The zero-order valence-electron chi connectivity index (χ0n) is 24.0. The van der Waals surface area contributed by atoms with Gasteiger partial charge in [0.05, 0.1) is 11.4 Å². The summed E-state index contributed by atoms with van der Waals surface area (Å²) in [6.45, 7) is 0. The number of nitrogens with zero attached hydrogens (tertiary/aromatic N) is 2. The zero-order chi connectivity index (χ0) is 29.3. The van der Waals surface area contributed by atoms with Crippen molar-refractivity contribution in [2.45, 2.75) is 0 Å². The van der Waals surface area contributed by atoms with Crippen molar-refractivity contribution in [1.82, 2.24) is 4.98 Å². The molecule has 0 aliphatic carbocycles. The molecule has 0 saturated carbocycles. The van der Waals surface area contributed by atoms with Gasteiger partial charge in [0.15, 0.2) is 5.58 Å². The van der Waals surface area contributed by atoms with Crippen molar-refractivity contribution in [3.63, 3.8) is 0 Å². The molecule has 7 aromatic carbocycles. The summed E-state index contributed by atoms with van der Waals surface area (Å²) in [6.07, 6.45) is 0. The molecule has 0 unspecified atom stereocenters. The van der Waals surface area contributed by atoms with Gasteiger partial charge in [-0.1, -0.05) is 133 Å². The first-order valence-corrected chi connectivity index (χ1v) is 14.8. The molecule has 0 aliphatic rings. The highest BCUT2D eigenvalue weighted by Gasteiger charge is 2.22. The van der Waals surface area contributed by atoms with E-state index in [1.807, 2.05) is 30.3 Å². The summed E-state index contributed by atoms with van der Waals surface area (Å²) < 4.78 is 6.44. The van der Waals surface area contributed by atoms with Crippen LogP contribution >= 0.6 is 0 Å². The minimum Gasteiger partial charge on any atom is -0.435 e. The molecule has 0 spiro atoms. The van der Waals surface area contributed by atoms with Crippen LogP contribution in [0.25, 0.3) is 55.6 Å². The topological polar surface area (TPSA) is 29.3 Å². The Kier molecular flexibility index (Phi) is 6.47. The van der Waals surface area contributed by atoms with Crippen molar-refractivity contribution < 1.29 is 4.42 Å². The molecule has 8 rings (SSSR count). The van der Waals surface area contributed by atoms with E-state index in [9.17, 15) is 0 Å². The van der Waals surface area contributed by atoms with Gasteiger partial charge in [0.1, 0.15) is 5.52 Å². The predicted octanol–water partition coefficient (Wildman–Crippen LogP) is 11.5. The summed E-state index contributed by atoms with van der Waals surface area (Å²) in [4.78, 5) is 7.36. The van der Waals surface area contributed by atoms with Crippen LogP contribution in [0.2, 0.25) is 0 Å². The molecule has 0 atom stereocenters. The molecule has 0 fully saturated rings. The summed E-state index contributed by atoms with van der Waals surface area (Å²) in [5.41, 5.74) is 10.4. The van der Waals surface area contributed by atoms with Gasteiger partial charge in [-0.05, 0) is 53.1 Å². The molecule has 208 valence electrons. The van der Waals surface area contributed by atoms with Crippen molar-refractivity contribution in [2.24, 2.45) is 0 Å². The number of oxazole rings is 1. The number of benzene rings is 7. The molecule has 1 heterocycles. The Morgan fingerprint density at radius 3 is 1.68 bits per heavy atom. The van der Waals surface area contributed by atoms with Gasteiger partial charge in [-0.25, -0.2) is 4.98 Å². The van der Waals surface area contributed by atoms with Crippen LogP contribution in [-0.2, 0) is 0 Å². The predicted molar refractivity (Wildman–Crippen MR) is 183 cm³/mol. The van der Waals surface area contributed by atoms with Crippen LogP contribution in [0.3, 0.4) is 0 Å². The molecular formula is C41H28N2O. The highest BCUT2D eigenvalue weighted by Crippen LogP contribution is 2.45. The van der Waals surface area contributed by atoms with Crippen LogP contribution in [0.1, 0.15) is 0 Å². The van der Waals surface area contributed by atoms with E-state index in [1.165, 1.54) is 11.1 Å². The van der Waals surface area contributed by atoms with E-state index in [2.05, 4.69) is 144 Å². The standard InChI is InChI=1S/C41H28N2O/c1-4-14-29(15-5-1)30-24-26-33(27-25-30)43(38-23-13-12-20-34(38)31-16-6-2-7-17-31)39-28-37-40(36-22-11-10-21-35(36)39)44-41(42-37)32-18-8-3-9-19-32/h1-28H.